The molecule has 1 N–H and O–H groups in total. The minimum absolute atomic E-state index is 0.144. The van der Waals surface area contributed by atoms with Crippen molar-refractivity contribution >= 4 is 61.2 Å². The Labute approximate surface area is 193 Å². The van der Waals surface area contributed by atoms with Gasteiger partial charge < -0.3 is 9.73 Å². The fourth-order valence-corrected chi connectivity index (χ4v) is 6.31. The highest BCUT2D eigenvalue weighted by atomic mass is 32.2. The van der Waals surface area contributed by atoms with Gasteiger partial charge in [0, 0.05) is 23.4 Å². The van der Waals surface area contributed by atoms with Crippen LogP contribution in [0.1, 0.15) is 40.0 Å². The quantitative estimate of drug-likeness (QED) is 0.348. The number of thioether (sulfide) groups is 1. The third-order valence-corrected chi connectivity index (χ3v) is 8.22. The average Bonchev–Trinajstić information content (AvgIpc) is 3.18. The summed E-state index contributed by atoms with van der Waals surface area (Å²) in [5.74, 6) is 1.00. The normalized spacial score (nSPS) is 13.8. The van der Waals surface area contributed by atoms with Gasteiger partial charge in [-0.05, 0) is 43.2 Å². The van der Waals surface area contributed by atoms with Crippen molar-refractivity contribution in [3.63, 3.8) is 0 Å². The molecule has 4 heterocycles. The molecule has 0 bridgehead atoms. The van der Waals surface area contributed by atoms with Crippen LogP contribution in [0.4, 0.5) is 5.69 Å². The molecule has 1 amide bonds. The molecule has 0 aliphatic heterocycles. The second kappa shape index (κ2) is 7.84. The number of anilines is 1. The number of hydrogen-bond donors (Lipinski definition) is 1. The Kier molecular flexibility index (Phi) is 4.81. The lowest BCUT2D eigenvalue weighted by Gasteiger charge is -2.02. The van der Waals surface area contributed by atoms with Gasteiger partial charge in [-0.15, -0.1) is 11.3 Å². The number of carbonyl (C=O) groups excluding carboxylic acids is 1. The van der Waals surface area contributed by atoms with Crippen LogP contribution in [0, 0.1) is 0 Å². The first kappa shape index (κ1) is 19.6. The van der Waals surface area contributed by atoms with E-state index in [2.05, 4.69) is 20.4 Å². The molecule has 6 rings (SSSR count). The number of rotatable bonds is 6. The van der Waals surface area contributed by atoms with E-state index in [-0.39, 0.29) is 17.2 Å². The van der Waals surface area contributed by atoms with Crippen LogP contribution in [-0.2, 0) is 5.75 Å². The molecule has 0 unspecified atom stereocenters. The molecule has 4 aromatic heterocycles. The molecule has 0 atom stereocenters. The van der Waals surface area contributed by atoms with Crippen molar-refractivity contribution in [2.24, 2.45) is 0 Å². The molecule has 1 aliphatic rings. The third kappa shape index (κ3) is 3.83. The van der Waals surface area contributed by atoms with E-state index in [4.69, 9.17) is 4.42 Å². The van der Waals surface area contributed by atoms with E-state index in [0.717, 1.165) is 38.1 Å². The van der Waals surface area contributed by atoms with Gasteiger partial charge in [-0.1, -0.05) is 23.1 Å². The molecule has 8 nitrogen and oxygen atoms in total. The van der Waals surface area contributed by atoms with E-state index in [0.29, 0.717) is 22.3 Å². The Morgan fingerprint density at radius 2 is 2.12 bits per heavy atom. The van der Waals surface area contributed by atoms with E-state index in [1.165, 1.54) is 45.2 Å². The predicted octanol–water partition coefficient (Wildman–Crippen LogP) is 4.78. The van der Waals surface area contributed by atoms with Crippen molar-refractivity contribution in [3.05, 3.63) is 69.5 Å². The van der Waals surface area contributed by atoms with Gasteiger partial charge in [0.05, 0.1) is 22.2 Å². The first-order valence-electron chi connectivity index (χ1n) is 9.90. The minimum Gasteiger partial charge on any atom is -0.459 e. The van der Waals surface area contributed by atoms with Crippen molar-refractivity contribution < 1.29 is 9.21 Å². The topological polar surface area (TPSA) is 102 Å². The number of carbonyl (C=O) groups is 1. The average molecular weight is 482 g/mol. The maximum Gasteiger partial charge on any atom is 0.291 e. The van der Waals surface area contributed by atoms with Crippen LogP contribution in [-0.4, -0.2) is 25.5 Å². The number of nitrogens with one attached hydrogen (secondary N) is 1. The van der Waals surface area contributed by atoms with E-state index in [1.807, 2.05) is 18.2 Å². The van der Waals surface area contributed by atoms with Gasteiger partial charge in [-0.2, -0.15) is 9.61 Å². The molecule has 0 spiro atoms. The molecule has 1 saturated carbocycles. The predicted molar refractivity (Wildman–Crippen MR) is 125 cm³/mol. The highest BCUT2D eigenvalue weighted by Crippen LogP contribution is 2.41. The lowest BCUT2D eigenvalue weighted by molar-refractivity contribution is 0.0996. The highest BCUT2D eigenvalue weighted by Gasteiger charge is 2.28. The number of hydrogen-bond acceptors (Lipinski definition) is 9. The fourth-order valence-electron chi connectivity index (χ4n) is 3.22. The standard InChI is InChI=1S/C21H15N5O3S3/c27-17-9-13(23-20-26(17)25-19(32-20)11-3-4-11)10-30-21-24-14-6-5-12(8-16(14)31-21)22-18(28)15-2-1-7-29-15/h1-2,5-9,11H,3-4,10H2,(H,22,28). The SMILES string of the molecule is O=C(Nc1ccc2nc(SCc3cc(=O)n4nc(C5CC5)sc4n3)sc2c1)c1ccco1. The molecule has 32 heavy (non-hydrogen) atoms. The zero-order chi connectivity index (χ0) is 21.7. The van der Waals surface area contributed by atoms with Crippen LogP contribution >= 0.6 is 34.4 Å². The molecule has 1 aliphatic carbocycles. The summed E-state index contributed by atoms with van der Waals surface area (Å²) in [7, 11) is 0. The first-order chi connectivity index (χ1) is 15.6. The third-order valence-electron chi connectivity index (χ3n) is 4.96. The number of furan rings is 1. The van der Waals surface area contributed by atoms with E-state index in [9.17, 15) is 9.59 Å². The number of thiazole rings is 1. The van der Waals surface area contributed by atoms with Gasteiger partial charge in [0.1, 0.15) is 5.01 Å². The molecule has 160 valence electrons. The van der Waals surface area contributed by atoms with Crippen LogP contribution in [0.3, 0.4) is 0 Å². The van der Waals surface area contributed by atoms with Gasteiger partial charge >= 0.3 is 0 Å². The monoisotopic (exact) mass is 481 g/mol. The molecule has 0 radical (unpaired) electrons. The summed E-state index contributed by atoms with van der Waals surface area (Å²) in [6.07, 6.45) is 3.75. The number of nitrogens with zero attached hydrogens (tertiary/aromatic N) is 4. The van der Waals surface area contributed by atoms with Gasteiger partial charge in [-0.3, -0.25) is 9.59 Å². The summed E-state index contributed by atoms with van der Waals surface area (Å²) in [5, 5.41) is 8.24. The summed E-state index contributed by atoms with van der Waals surface area (Å²) >= 11 is 4.58. The minimum atomic E-state index is -0.297. The maximum atomic E-state index is 12.4. The summed E-state index contributed by atoms with van der Waals surface area (Å²) < 4.78 is 8.37. The Morgan fingerprint density at radius 3 is 2.94 bits per heavy atom. The van der Waals surface area contributed by atoms with Gasteiger partial charge in [0.15, 0.2) is 10.1 Å². The highest BCUT2D eigenvalue weighted by molar-refractivity contribution is 8.00. The van der Waals surface area contributed by atoms with Crippen LogP contribution in [0.5, 0.6) is 0 Å². The maximum absolute atomic E-state index is 12.4. The van der Waals surface area contributed by atoms with Crippen LogP contribution in [0.15, 0.2) is 56.2 Å². The summed E-state index contributed by atoms with van der Waals surface area (Å²) in [6.45, 7) is 0. The van der Waals surface area contributed by atoms with Gasteiger partial charge in [0.2, 0.25) is 4.96 Å². The Hall–Kier alpha value is -3.02. The number of fused-ring (bicyclic) bond motifs is 2. The van der Waals surface area contributed by atoms with Crippen molar-refractivity contribution in [3.8, 4) is 0 Å². The molecule has 0 saturated heterocycles. The molecule has 5 aromatic rings. The van der Waals surface area contributed by atoms with Crippen LogP contribution in [0.25, 0.3) is 15.2 Å². The van der Waals surface area contributed by atoms with Crippen molar-refractivity contribution in [2.45, 2.75) is 28.9 Å². The lowest BCUT2D eigenvalue weighted by atomic mass is 10.3. The van der Waals surface area contributed by atoms with Crippen molar-refractivity contribution in [1.29, 1.82) is 0 Å². The molecule has 1 aromatic carbocycles. The van der Waals surface area contributed by atoms with Gasteiger partial charge in [0.25, 0.3) is 11.5 Å². The lowest BCUT2D eigenvalue weighted by Crippen LogP contribution is -2.15. The zero-order valence-electron chi connectivity index (χ0n) is 16.5. The molecular weight excluding hydrogens is 466 g/mol. The largest absolute Gasteiger partial charge is 0.459 e. The Bertz CT molecular complexity index is 1520. The first-order valence-corrected chi connectivity index (χ1v) is 12.5. The Morgan fingerprint density at radius 1 is 1.22 bits per heavy atom. The van der Waals surface area contributed by atoms with Crippen molar-refractivity contribution in [2.75, 3.05) is 5.32 Å². The molecular formula is C21H15N5O3S3. The number of benzene rings is 1. The van der Waals surface area contributed by atoms with Crippen LogP contribution in [0.2, 0.25) is 0 Å². The second-order valence-electron chi connectivity index (χ2n) is 7.38. The van der Waals surface area contributed by atoms with Gasteiger partial charge in [-0.25, -0.2) is 9.97 Å². The molecule has 1 fully saturated rings. The summed E-state index contributed by atoms with van der Waals surface area (Å²) in [6, 6.07) is 10.4. The summed E-state index contributed by atoms with van der Waals surface area (Å²) in [5.41, 5.74) is 2.11. The molecule has 11 heteroatoms. The van der Waals surface area contributed by atoms with Crippen LogP contribution < -0.4 is 10.9 Å². The summed E-state index contributed by atoms with van der Waals surface area (Å²) in [4.78, 5) is 34.5. The fraction of sp³-hybridized carbons (Fsp3) is 0.190. The Balaban J connectivity index is 1.18. The van der Waals surface area contributed by atoms with E-state index >= 15 is 0 Å². The van der Waals surface area contributed by atoms with Crippen molar-refractivity contribution in [1.82, 2.24) is 19.6 Å². The smallest absolute Gasteiger partial charge is 0.291 e. The number of aromatic nitrogens is 4. The second-order valence-corrected chi connectivity index (χ2v) is 10.6. The van der Waals surface area contributed by atoms with E-state index < -0.39 is 0 Å². The zero-order valence-corrected chi connectivity index (χ0v) is 18.9. The number of amides is 1. The van der Waals surface area contributed by atoms with E-state index in [1.54, 1.807) is 18.2 Å².